The Morgan fingerprint density at radius 2 is 1.86 bits per heavy atom. The Bertz CT molecular complexity index is 2370. The van der Waals surface area contributed by atoms with E-state index in [9.17, 15) is 5.11 Å². The van der Waals surface area contributed by atoms with E-state index in [1.54, 1.807) is 18.3 Å². The Morgan fingerprint density at radius 3 is 2.60 bits per heavy atom. The molecule has 0 radical (unpaired) electrons. The maximum absolute atomic E-state index is 15.5. The van der Waals surface area contributed by atoms with Crippen LogP contribution in [0.25, 0.3) is 0 Å². The van der Waals surface area contributed by atoms with Crippen molar-refractivity contribution in [2.24, 2.45) is 17.3 Å². The van der Waals surface area contributed by atoms with Gasteiger partial charge < -0.3 is 36.3 Å². The zero-order chi connectivity index (χ0) is 46.0. The number of nitrogens with one attached hydrogen (secondary N) is 3. The predicted octanol–water partition coefficient (Wildman–Crippen LogP) is 7.77. The zero-order valence-electron chi connectivity index (χ0n) is 38.9. The third-order valence-electron chi connectivity index (χ3n) is 14.9. The standard InChI is InChI=1S/C53H68N6O6/c1-6-56-43-24-37-14-9-8-13-36(37)23-39(43)32-64-49(63)53-48(62)46-38(28-50(3,4)27-35-17-18-44(54)58-30-35)15-12-16-42(46)47(61)52(53,65-53)29-40(31-60)34(2)26-51(20-10-7-11-21-51)41-19-22-57-45(25-41)59-33-55-5/h9,12,14-19,22,24-25,30,36,39,43,55-56,60H,6-8,10-11,13,20-21,23,26-29,31-33H2,1-5H3,(H2,54,58)(H,57,59)/b40-34-/t36-,39-,43+,52-,53-/m0/s1. The lowest BCUT2D eigenvalue weighted by atomic mass is 9.65. The van der Waals surface area contributed by atoms with Gasteiger partial charge in [-0.25, -0.2) is 14.8 Å². The highest BCUT2D eigenvalue weighted by Gasteiger charge is 2.86. The number of nitrogens with two attached hydrogens (primary N) is 1. The minimum Gasteiger partial charge on any atom is -0.463 e. The van der Waals surface area contributed by atoms with Gasteiger partial charge in [-0.05, 0) is 135 Å². The van der Waals surface area contributed by atoms with Crippen molar-refractivity contribution in [1.29, 1.82) is 0 Å². The van der Waals surface area contributed by atoms with E-state index in [1.807, 2.05) is 38.4 Å². The number of nitrogen functional groups attached to an aromatic ring is 1. The number of anilines is 2. The number of hydrogen-bond donors (Lipinski definition) is 5. The number of Topliss-reactive ketones (excluding diaryl/α,β-unsaturated/α-hetero) is 2. The number of ether oxygens (including phenoxy) is 2. The number of carbonyl (C=O) groups is 3. The van der Waals surface area contributed by atoms with E-state index in [0.717, 1.165) is 74.9 Å². The summed E-state index contributed by atoms with van der Waals surface area (Å²) < 4.78 is 12.8. The van der Waals surface area contributed by atoms with Crippen molar-refractivity contribution in [3.05, 3.63) is 118 Å². The average Bonchev–Trinajstić information content (AvgIpc) is 4.01. The molecule has 0 unspecified atom stereocenters. The number of fused-ring (bicyclic) bond motifs is 3. The molecule has 2 aromatic heterocycles. The van der Waals surface area contributed by atoms with E-state index in [-0.39, 0.29) is 53.6 Å². The molecular formula is C53H68N6O6. The maximum atomic E-state index is 15.5. The molecule has 346 valence electrons. The quantitative estimate of drug-likeness (QED) is 0.0276. The fraction of sp³-hybridized carbons (Fsp3) is 0.528. The first kappa shape index (κ1) is 46.5. The smallest absolute Gasteiger partial charge is 0.350 e. The van der Waals surface area contributed by atoms with E-state index >= 15 is 14.4 Å². The second-order valence-electron chi connectivity index (χ2n) is 20.1. The molecule has 5 aliphatic rings. The number of likely N-dealkylation sites (N-methyl/N-ethyl adjacent to an activating group) is 1. The summed E-state index contributed by atoms with van der Waals surface area (Å²) in [5.41, 5.74) is 7.31. The zero-order valence-corrected chi connectivity index (χ0v) is 38.9. The molecule has 6 N–H and O–H groups in total. The number of aromatic nitrogens is 2. The Balaban J connectivity index is 1.14. The summed E-state index contributed by atoms with van der Waals surface area (Å²) >= 11 is 0. The number of benzene rings is 1. The van der Waals surface area contributed by atoms with Crippen LogP contribution in [0.15, 0.2) is 89.8 Å². The van der Waals surface area contributed by atoms with Crippen molar-refractivity contribution < 1.29 is 29.0 Å². The first-order chi connectivity index (χ1) is 31.3. The van der Waals surface area contributed by atoms with E-state index < -0.39 is 28.7 Å². The highest BCUT2D eigenvalue weighted by molar-refractivity contribution is 6.33. The van der Waals surface area contributed by atoms with Gasteiger partial charge in [-0.3, -0.25) is 9.59 Å². The molecule has 1 aliphatic heterocycles. The first-order valence-corrected chi connectivity index (χ1v) is 23.8. The number of esters is 1. The van der Waals surface area contributed by atoms with E-state index in [1.165, 1.54) is 11.1 Å². The van der Waals surface area contributed by atoms with Crippen LogP contribution in [0, 0.1) is 17.3 Å². The third kappa shape index (κ3) is 9.11. The monoisotopic (exact) mass is 885 g/mol. The highest BCUT2D eigenvalue weighted by atomic mass is 16.7. The maximum Gasteiger partial charge on any atom is 0.350 e. The molecule has 3 aromatic rings. The lowest BCUT2D eigenvalue weighted by Gasteiger charge is -2.39. The molecule has 4 aliphatic carbocycles. The number of hydrogen-bond acceptors (Lipinski definition) is 12. The van der Waals surface area contributed by atoms with Crippen molar-refractivity contribution in [2.45, 2.75) is 127 Å². The van der Waals surface area contributed by atoms with Crippen LogP contribution in [-0.4, -0.2) is 83.3 Å². The number of allylic oxidation sites excluding steroid dienone is 4. The van der Waals surface area contributed by atoms with Crippen LogP contribution in [-0.2, 0) is 32.5 Å². The molecule has 12 heteroatoms. The number of rotatable bonds is 18. The number of aliphatic hydroxyl groups excluding tert-OH is 1. The number of pyridine rings is 2. The van der Waals surface area contributed by atoms with Crippen LogP contribution in [0.2, 0.25) is 0 Å². The van der Waals surface area contributed by atoms with Gasteiger partial charge in [0.15, 0.2) is 11.4 Å². The highest BCUT2D eigenvalue weighted by Crippen LogP contribution is 2.60. The molecular weight excluding hydrogens is 817 g/mol. The van der Waals surface area contributed by atoms with Crippen LogP contribution in [0.4, 0.5) is 11.6 Å². The molecule has 0 amide bonds. The summed E-state index contributed by atoms with van der Waals surface area (Å²) in [6.07, 6.45) is 20.0. The molecule has 65 heavy (non-hydrogen) atoms. The summed E-state index contributed by atoms with van der Waals surface area (Å²) in [5, 5.41) is 21.3. The average molecular weight is 885 g/mol. The summed E-state index contributed by atoms with van der Waals surface area (Å²) in [6.45, 7) is 9.32. The molecule has 8 rings (SSSR count). The van der Waals surface area contributed by atoms with Crippen LogP contribution >= 0.6 is 0 Å². The van der Waals surface area contributed by atoms with Gasteiger partial charge in [0.2, 0.25) is 5.78 Å². The van der Waals surface area contributed by atoms with Crippen LogP contribution in [0.5, 0.6) is 0 Å². The fourth-order valence-electron chi connectivity index (χ4n) is 11.6. The summed E-state index contributed by atoms with van der Waals surface area (Å²) in [5.74, 6) is -0.273. The van der Waals surface area contributed by atoms with Gasteiger partial charge in [-0.2, -0.15) is 0 Å². The minimum absolute atomic E-state index is 0.0204. The Hall–Kier alpha value is -5.01. The third-order valence-corrected chi connectivity index (χ3v) is 14.9. The number of carbonyl (C=O) groups excluding carboxylic acids is 3. The molecule has 1 aromatic carbocycles. The summed E-state index contributed by atoms with van der Waals surface area (Å²) in [4.78, 5) is 54.6. The van der Waals surface area contributed by atoms with E-state index in [2.05, 4.69) is 77.1 Å². The van der Waals surface area contributed by atoms with E-state index in [0.29, 0.717) is 48.8 Å². The van der Waals surface area contributed by atoms with Crippen LogP contribution in [0.1, 0.15) is 129 Å². The number of epoxide rings is 1. The molecule has 1 saturated heterocycles. The predicted molar refractivity (Wildman–Crippen MR) is 254 cm³/mol. The van der Waals surface area contributed by atoms with Gasteiger partial charge in [0.1, 0.15) is 11.6 Å². The number of nitrogens with zero attached hydrogens (tertiary/aromatic N) is 2. The second-order valence-corrected chi connectivity index (χ2v) is 20.1. The normalized spacial score (nSPS) is 26.0. The molecule has 3 heterocycles. The lowest BCUT2D eigenvalue weighted by Crippen LogP contribution is -2.52. The number of aliphatic hydroxyl groups is 1. The summed E-state index contributed by atoms with van der Waals surface area (Å²) in [7, 11) is 1.88. The Kier molecular flexibility index (Phi) is 13.6. The Labute approximate surface area is 384 Å². The van der Waals surface area contributed by atoms with Crippen molar-refractivity contribution in [1.82, 2.24) is 20.6 Å². The molecule has 0 spiro atoms. The van der Waals surface area contributed by atoms with E-state index in [4.69, 9.17) is 15.2 Å². The SMILES string of the molecule is CCN[C@@H]1C=C2C=CCC[C@H]2C[C@H]1COC(=O)[C@]12O[C@@]1(C/C(CO)=C(\C)CC1(c3ccnc(NCNC)c3)CCCCC1)C(=O)c1cccc(CC(C)(C)Cc3ccc(N)nc3)c1C2=O. The van der Waals surface area contributed by atoms with Crippen LogP contribution in [0.3, 0.4) is 0 Å². The lowest BCUT2D eigenvalue weighted by molar-refractivity contribution is -0.150. The molecule has 12 nitrogen and oxygen atoms in total. The Morgan fingerprint density at radius 1 is 1.05 bits per heavy atom. The molecule has 1 saturated carbocycles. The van der Waals surface area contributed by atoms with Gasteiger partial charge in [0, 0.05) is 41.9 Å². The molecule has 0 bridgehead atoms. The molecule has 2 fully saturated rings. The van der Waals surface area contributed by atoms with Gasteiger partial charge in [0.25, 0.3) is 5.60 Å². The summed E-state index contributed by atoms with van der Waals surface area (Å²) in [6, 6.07) is 13.3. The first-order valence-electron chi connectivity index (χ1n) is 23.8. The minimum atomic E-state index is -2.20. The fourth-order valence-corrected chi connectivity index (χ4v) is 11.6. The van der Waals surface area contributed by atoms with Crippen molar-refractivity contribution in [3.63, 3.8) is 0 Å². The van der Waals surface area contributed by atoms with Gasteiger partial charge >= 0.3 is 5.97 Å². The largest absolute Gasteiger partial charge is 0.463 e. The topological polar surface area (TPSA) is 181 Å². The van der Waals surface area contributed by atoms with Gasteiger partial charge in [-0.15, -0.1) is 0 Å². The van der Waals surface area contributed by atoms with Crippen molar-refractivity contribution in [3.8, 4) is 0 Å². The molecule has 5 atom stereocenters. The van der Waals surface area contributed by atoms with Crippen LogP contribution < -0.4 is 21.7 Å². The van der Waals surface area contributed by atoms with Crippen molar-refractivity contribution >= 4 is 29.2 Å². The van der Waals surface area contributed by atoms with Crippen molar-refractivity contribution in [2.75, 3.05) is 44.5 Å². The second kappa shape index (κ2) is 19.1. The number of ketones is 2. The van der Waals surface area contributed by atoms with Gasteiger partial charge in [-0.1, -0.05) is 88.1 Å². The van der Waals surface area contributed by atoms with Gasteiger partial charge in [0.05, 0.1) is 19.9 Å².